The van der Waals surface area contributed by atoms with Gasteiger partial charge in [0.2, 0.25) is 0 Å². The lowest BCUT2D eigenvalue weighted by atomic mass is 9.93. The summed E-state index contributed by atoms with van der Waals surface area (Å²) in [6, 6.07) is 14.7. The third-order valence-electron chi connectivity index (χ3n) is 4.47. The van der Waals surface area contributed by atoms with Crippen LogP contribution in [0.15, 0.2) is 76.7 Å². The Morgan fingerprint density at radius 1 is 1.15 bits per heavy atom. The molecule has 0 saturated carbocycles. The van der Waals surface area contributed by atoms with Crippen molar-refractivity contribution >= 4 is 21.6 Å². The van der Waals surface area contributed by atoms with Crippen LogP contribution in [0.25, 0.3) is 0 Å². The van der Waals surface area contributed by atoms with Gasteiger partial charge >= 0.3 is 0 Å². The quantitative estimate of drug-likeness (QED) is 0.563. The fraction of sp³-hybridized carbons (Fsp3) is 0.261. The lowest BCUT2D eigenvalue weighted by Gasteiger charge is -2.18. The summed E-state index contributed by atoms with van der Waals surface area (Å²) in [4.78, 5) is 6.94. The van der Waals surface area contributed by atoms with Gasteiger partial charge in [-0.05, 0) is 49.4 Å². The first-order valence-corrected chi connectivity index (χ1v) is 9.97. The molecule has 0 radical (unpaired) electrons. The van der Waals surface area contributed by atoms with Gasteiger partial charge in [0.15, 0.2) is 0 Å². The highest BCUT2D eigenvalue weighted by molar-refractivity contribution is 9.10. The molecule has 2 aromatic rings. The molecule has 0 spiro atoms. The molecule has 3 rings (SSSR count). The predicted molar refractivity (Wildman–Crippen MR) is 117 cm³/mol. The third kappa shape index (κ3) is 5.41. The molecule has 2 aromatic carbocycles. The van der Waals surface area contributed by atoms with Crippen molar-refractivity contribution in [2.75, 3.05) is 33.3 Å². The largest absolute Gasteiger partial charge is 0.490 e. The van der Waals surface area contributed by atoms with Crippen molar-refractivity contribution in [2.24, 2.45) is 4.99 Å². The van der Waals surface area contributed by atoms with Crippen LogP contribution in [-0.4, -0.2) is 43.9 Å². The summed E-state index contributed by atoms with van der Waals surface area (Å²) in [7, 11) is 2.07. The van der Waals surface area contributed by atoms with E-state index in [9.17, 15) is 0 Å². The Labute approximate surface area is 170 Å². The van der Waals surface area contributed by atoms with Crippen molar-refractivity contribution in [2.45, 2.75) is 6.42 Å². The minimum atomic E-state index is 0.578. The van der Waals surface area contributed by atoms with Gasteiger partial charge in [-0.1, -0.05) is 46.3 Å². The number of hydrogen-bond acceptors (Lipinski definition) is 3. The first-order chi connectivity index (χ1) is 13.2. The van der Waals surface area contributed by atoms with E-state index in [1.165, 1.54) is 11.1 Å². The summed E-state index contributed by atoms with van der Waals surface area (Å²) in [5.41, 5.74) is 4.73. The van der Waals surface area contributed by atoms with Crippen LogP contribution in [0.5, 0.6) is 5.75 Å². The van der Waals surface area contributed by atoms with Crippen molar-refractivity contribution in [3.8, 4) is 5.75 Å². The van der Waals surface area contributed by atoms with Crippen LogP contribution in [0.2, 0.25) is 0 Å². The molecule has 0 saturated heterocycles. The number of aliphatic imine (C=N–C) groups is 1. The molecule has 0 bridgehead atoms. The number of ether oxygens (including phenoxy) is 1. The fourth-order valence-electron chi connectivity index (χ4n) is 3.09. The number of halogens is 1. The average Bonchev–Trinajstić information content (AvgIpc) is 2.68. The first-order valence-electron chi connectivity index (χ1n) is 9.18. The minimum Gasteiger partial charge on any atom is -0.490 e. The molecular formula is C23H25BrN2O. The standard InChI is InChI=1S/C23H25BrN2O/c1-3-14-26(2)15-4-5-16-27-21-10-11-22-19(17-21)12-13-25-23(22)18-6-8-20(24)9-7-18/h3-11,17H,1,12-16H2,2H3/b5-4+. The number of likely N-dealkylation sites (N-methyl/N-ethyl adjacent to an activating group) is 1. The van der Waals surface area contributed by atoms with Crippen LogP contribution in [0.3, 0.4) is 0 Å². The topological polar surface area (TPSA) is 24.8 Å². The predicted octanol–water partition coefficient (Wildman–Crippen LogP) is 4.90. The highest BCUT2D eigenvalue weighted by Crippen LogP contribution is 2.25. The van der Waals surface area contributed by atoms with E-state index in [2.05, 4.69) is 83.0 Å². The Hall–Kier alpha value is -2.17. The maximum Gasteiger partial charge on any atom is 0.120 e. The molecule has 1 aliphatic heterocycles. The van der Waals surface area contributed by atoms with Crippen molar-refractivity contribution in [1.82, 2.24) is 4.90 Å². The van der Waals surface area contributed by atoms with Crippen LogP contribution in [-0.2, 0) is 6.42 Å². The third-order valence-corrected chi connectivity index (χ3v) is 5.00. The second-order valence-electron chi connectivity index (χ2n) is 6.60. The van der Waals surface area contributed by atoms with Crippen molar-refractivity contribution in [3.05, 3.63) is 88.4 Å². The lowest BCUT2D eigenvalue weighted by Crippen LogP contribution is -2.17. The molecule has 0 N–H and O–H groups in total. The van der Waals surface area contributed by atoms with Gasteiger partial charge in [0.25, 0.3) is 0 Å². The molecule has 140 valence electrons. The molecule has 0 aliphatic carbocycles. The number of nitrogens with zero attached hydrogens (tertiary/aromatic N) is 2. The van der Waals surface area contributed by atoms with Crippen LogP contribution in [0.4, 0.5) is 0 Å². The van der Waals surface area contributed by atoms with Gasteiger partial charge in [-0.25, -0.2) is 0 Å². The minimum absolute atomic E-state index is 0.578. The van der Waals surface area contributed by atoms with Crippen molar-refractivity contribution in [1.29, 1.82) is 0 Å². The number of fused-ring (bicyclic) bond motifs is 1. The van der Waals surface area contributed by atoms with E-state index in [0.29, 0.717) is 6.61 Å². The second kappa shape index (κ2) is 9.67. The van der Waals surface area contributed by atoms with E-state index in [-0.39, 0.29) is 0 Å². The summed E-state index contributed by atoms with van der Waals surface area (Å²) >= 11 is 3.49. The SMILES string of the molecule is C=CCN(C)C/C=C/COc1ccc2c(c1)CCN=C2c1ccc(Br)cc1. The lowest BCUT2D eigenvalue weighted by molar-refractivity contribution is 0.360. The van der Waals surface area contributed by atoms with Gasteiger partial charge in [0, 0.05) is 35.2 Å². The Kier molecular flexibility index (Phi) is 7.02. The summed E-state index contributed by atoms with van der Waals surface area (Å²) in [6.45, 7) is 6.92. The maximum absolute atomic E-state index is 5.90. The summed E-state index contributed by atoms with van der Waals surface area (Å²) in [5, 5.41) is 0. The van der Waals surface area contributed by atoms with E-state index in [1.54, 1.807) is 0 Å². The molecule has 0 atom stereocenters. The van der Waals surface area contributed by atoms with Crippen LogP contribution >= 0.6 is 15.9 Å². The van der Waals surface area contributed by atoms with E-state index < -0.39 is 0 Å². The number of benzene rings is 2. The van der Waals surface area contributed by atoms with E-state index in [4.69, 9.17) is 9.73 Å². The normalized spacial score (nSPS) is 13.5. The molecule has 1 heterocycles. The van der Waals surface area contributed by atoms with Crippen molar-refractivity contribution < 1.29 is 4.74 Å². The second-order valence-corrected chi connectivity index (χ2v) is 7.51. The molecule has 3 nitrogen and oxygen atoms in total. The van der Waals surface area contributed by atoms with Crippen LogP contribution < -0.4 is 4.74 Å². The monoisotopic (exact) mass is 424 g/mol. The number of hydrogen-bond donors (Lipinski definition) is 0. The fourth-order valence-corrected chi connectivity index (χ4v) is 3.35. The Morgan fingerprint density at radius 3 is 2.74 bits per heavy atom. The highest BCUT2D eigenvalue weighted by Gasteiger charge is 2.16. The zero-order chi connectivity index (χ0) is 19.1. The Balaban J connectivity index is 1.63. The van der Waals surface area contributed by atoms with Crippen LogP contribution in [0, 0.1) is 0 Å². The molecule has 1 aliphatic rings. The molecule has 0 fully saturated rings. The van der Waals surface area contributed by atoms with E-state index >= 15 is 0 Å². The maximum atomic E-state index is 5.90. The molecule has 27 heavy (non-hydrogen) atoms. The van der Waals surface area contributed by atoms with Gasteiger partial charge in [0.1, 0.15) is 12.4 Å². The zero-order valence-corrected chi connectivity index (χ0v) is 17.3. The summed E-state index contributed by atoms with van der Waals surface area (Å²) < 4.78 is 6.98. The molecule has 0 amide bonds. The number of rotatable bonds is 8. The van der Waals surface area contributed by atoms with Gasteiger partial charge < -0.3 is 4.74 Å². The van der Waals surface area contributed by atoms with E-state index in [0.717, 1.165) is 47.6 Å². The van der Waals surface area contributed by atoms with Gasteiger partial charge in [0.05, 0.1) is 5.71 Å². The van der Waals surface area contributed by atoms with Gasteiger partial charge in [-0.3, -0.25) is 9.89 Å². The van der Waals surface area contributed by atoms with Crippen LogP contribution in [0.1, 0.15) is 16.7 Å². The Bertz CT molecular complexity index is 840. The Morgan fingerprint density at radius 2 is 1.96 bits per heavy atom. The van der Waals surface area contributed by atoms with E-state index in [1.807, 2.05) is 12.1 Å². The summed E-state index contributed by atoms with van der Waals surface area (Å²) in [6.07, 6.45) is 7.05. The molecule has 0 unspecified atom stereocenters. The molecule has 0 aromatic heterocycles. The van der Waals surface area contributed by atoms with Gasteiger partial charge in [-0.15, -0.1) is 6.58 Å². The molecule has 4 heteroatoms. The zero-order valence-electron chi connectivity index (χ0n) is 15.7. The smallest absolute Gasteiger partial charge is 0.120 e. The van der Waals surface area contributed by atoms with Crippen molar-refractivity contribution in [3.63, 3.8) is 0 Å². The van der Waals surface area contributed by atoms with Gasteiger partial charge in [-0.2, -0.15) is 0 Å². The highest BCUT2D eigenvalue weighted by atomic mass is 79.9. The molecular weight excluding hydrogens is 400 g/mol. The summed E-state index contributed by atoms with van der Waals surface area (Å²) in [5.74, 6) is 0.912. The average molecular weight is 425 g/mol. The first kappa shape index (κ1) is 19.6.